The number of halogens is 6. The van der Waals surface area contributed by atoms with Crippen molar-refractivity contribution < 1.29 is 31.1 Å². The summed E-state index contributed by atoms with van der Waals surface area (Å²) in [4.78, 5) is 5.53. The van der Waals surface area contributed by atoms with Crippen molar-refractivity contribution in [1.82, 2.24) is 9.88 Å². The van der Waals surface area contributed by atoms with E-state index in [0.29, 0.717) is 12.8 Å². The number of alkyl halides is 6. The minimum absolute atomic E-state index is 0.0762. The molecule has 0 spiro atoms. The summed E-state index contributed by atoms with van der Waals surface area (Å²) in [7, 11) is 0. The quantitative estimate of drug-likeness (QED) is 0.630. The molecule has 9 heteroatoms. The first kappa shape index (κ1) is 18.5. The fourth-order valence-electron chi connectivity index (χ4n) is 3.92. The molecule has 2 aliphatic rings. The highest BCUT2D eigenvalue weighted by Gasteiger charge is 2.41. The van der Waals surface area contributed by atoms with Crippen LogP contribution in [0.25, 0.3) is 10.9 Å². The Bertz CT molecular complexity index is 858. The molecule has 2 unspecified atom stereocenters. The van der Waals surface area contributed by atoms with Gasteiger partial charge in [0.25, 0.3) is 0 Å². The number of rotatable bonds is 1. The molecule has 2 atom stereocenters. The zero-order chi connectivity index (χ0) is 19.4. The molecule has 4 rings (SSSR count). The molecule has 2 aromatic rings. The molecule has 3 heterocycles. The van der Waals surface area contributed by atoms with E-state index in [2.05, 4.69) is 9.88 Å². The van der Waals surface area contributed by atoms with Crippen LogP contribution in [0, 0.1) is 0 Å². The maximum atomic E-state index is 13.3. The van der Waals surface area contributed by atoms with Crippen molar-refractivity contribution in [2.75, 3.05) is 13.3 Å². The predicted molar refractivity (Wildman–Crippen MR) is 84.8 cm³/mol. The van der Waals surface area contributed by atoms with Crippen LogP contribution in [-0.2, 0) is 17.1 Å². The van der Waals surface area contributed by atoms with E-state index < -0.39 is 29.7 Å². The number of hydrogen-bond acceptors (Lipinski definition) is 3. The van der Waals surface area contributed by atoms with Gasteiger partial charge in [0.2, 0.25) is 0 Å². The first-order chi connectivity index (χ1) is 12.6. The summed E-state index contributed by atoms with van der Waals surface area (Å²) in [6.07, 6.45) is -7.33. The monoisotopic (exact) mass is 390 g/mol. The number of aromatic nitrogens is 1. The predicted octanol–water partition coefficient (Wildman–Crippen LogP) is 5.16. The third-order valence-electron chi connectivity index (χ3n) is 5.20. The molecule has 146 valence electrons. The summed E-state index contributed by atoms with van der Waals surface area (Å²) in [6, 6.07) is 3.57. The molecule has 0 N–H and O–H groups in total. The van der Waals surface area contributed by atoms with Crippen LogP contribution < -0.4 is 0 Å². The van der Waals surface area contributed by atoms with E-state index in [9.17, 15) is 26.3 Å². The molecule has 3 nitrogen and oxygen atoms in total. The Labute approximate surface area is 150 Å². The smallest absolute Gasteiger partial charge is 0.356 e. The van der Waals surface area contributed by atoms with Crippen LogP contribution >= 0.6 is 0 Å². The van der Waals surface area contributed by atoms with Gasteiger partial charge >= 0.3 is 12.4 Å². The van der Waals surface area contributed by atoms with Gasteiger partial charge in [-0.15, -0.1) is 0 Å². The summed E-state index contributed by atoms with van der Waals surface area (Å²) >= 11 is 0. The zero-order valence-electron chi connectivity index (χ0n) is 14.1. The second-order valence-corrected chi connectivity index (χ2v) is 6.92. The number of benzene rings is 1. The van der Waals surface area contributed by atoms with Gasteiger partial charge in [0.15, 0.2) is 0 Å². The molecule has 2 fully saturated rings. The zero-order valence-corrected chi connectivity index (χ0v) is 14.1. The van der Waals surface area contributed by atoms with Gasteiger partial charge in [-0.3, -0.25) is 4.90 Å². The van der Waals surface area contributed by atoms with Gasteiger partial charge < -0.3 is 4.74 Å². The molecule has 27 heavy (non-hydrogen) atoms. The van der Waals surface area contributed by atoms with Gasteiger partial charge in [-0.2, -0.15) is 26.3 Å². The summed E-state index contributed by atoms with van der Waals surface area (Å²) in [5.41, 5.74) is -2.32. The van der Waals surface area contributed by atoms with Crippen molar-refractivity contribution in [2.24, 2.45) is 0 Å². The van der Waals surface area contributed by atoms with Crippen molar-refractivity contribution in [3.63, 3.8) is 0 Å². The molecule has 2 saturated heterocycles. The molecule has 1 aromatic heterocycles. The minimum Gasteiger partial charge on any atom is -0.356 e. The van der Waals surface area contributed by atoms with Crippen LogP contribution in [0.15, 0.2) is 24.3 Å². The molecule has 0 saturated carbocycles. The number of fused-ring (bicyclic) bond motifs is 2. The lowest BCUT2D eigenvalue weighted by atomic mass is 9.91. The van der Waals surface area contributed by atoms with Crippen molar-refractivity contribution >= 4 is 10.9 Å². The molecule has 0 amide bonds. The molecular weight excluding hydrogens is 374 g/mol. The highest BCUT2D eigenvalue weighted by Crippen LogP contribution is 2.42. The van der Waals surface area contributed by atoms with Gasteiger partial charge in [-0.25, -0.2) is 4.98 Å². The Morgan fingerprint density at radius 3 is 2.48 bits per heavy atom. The summed E-state index contributed by atoms with van der Waals surface area (Å²) in [5.74, 6) is 0. The topological polar surface area (TPSA) is 25.4 Å². The average molecular weight is 390 g/mol. The Morgan fingerprint density at radius 1 is 1.00 bits per heavy atom. The third kappa shape index (κ3) is 3.38. The van der Waals surface area contributed by atoms with Gasteiger partial charge in [0.1, 0.15) is 18.5 Å². The van der Waals surface area contributed by atoms with Gasteiger partial charge in [-0.1, -0.05) is 12.5 Å². The van der Waals surface area contributed by atoms with Crippen LogP contribution in [0.2, 0.25) is 0 Å². The maximum absolute atomic E-state index is 13.3. The van der Waals surface area contributed by atoms with Gasteiger partial charge in [-0.05, 0) is 36.6 Å². The molecule has 0 bridgehead atoms. The number of ether oxygens (including phenoxy) is 1. The SMILES string of the molecule is FC(F)(F)c1ccc2c(C3OCN4CCCCC34)cc(C(F)(F)F)nc2c1. The summed E-state index contributed by atoms with van der Waals surface area (Å²) < 4.78 is 84.7. The van der Waals surface area contributed by atoms with Gasteiger partial charge in [0.05, 0.1) is 11.1 Å². The van der Waals surface area contributed by atoms with Crippen LogP contribution in [0.3, 0.4) is 0 Å². The first-order valence-electron chi connectivity index (χ1n) is 8.59. The van der Waals surface area contributed by atoms with E-state index in [-0.39, 0.29) is 22.5 Å². The second-order valence-electron chi connectivity index (χ2n) is 6.92. The largest absolute Gasteiger partial charge is 0.433 e. The van der Waals surface area contributed by atoms with E-state index in [1.54, 1.807) is 0 Å². The third-order valence-corrected chi connectivity index (χ3v) is 5.20. The molecule has 1 aromatic carbocycles. The first-order valence-corrected chi connectivity index (χ1v) is 8.59. The maximum Gasteiger partial charge on any atom is 0.433 e. The fraction of sp³-hybridized carbons (Fsp3) is 0.500. The number of piperidine rings is 1. The van der Waals surface area contributed by atoms with E-state index in [1.165, 1.54) is 6.07 Å². The molecular formula is C18H16F6N2O. The highest BCUT2D eigenvalue weighted by molar-refractivity contribution is 5.84. The number of pyridine rings is 1. The van der Waals surface area contributed by atoms with E-state index in [4.69, 9.17) is 4.74 Å². The second kappa shape index (κ2) is 6.34. The van der Waals surface area contributed by atoms with Gasteiger partial charge in [0, 0.05) is 18.0 Å². The molecule has 0 aliphatic carbocycles. The van der Waals surface area contributed by atoms with E-state index >= 15 is 0 Å². The van der Waals surface area contributed by atoms with Crippen molar-refractivity contribution in [1.29, 1.82) is 0 Å². The Balaban J connectivity index is 1.88. The lowest BCUT2D eigenvalue weighted by Crippen LogP contribution is -2.36. The van der Waals surface area contributed by atoms with Crippen molar-refractivity contribution in [3.8, 4) is 0 Å². The Hall–Kier alpha value is -1.87. The Kier molecular flexibility index (Phi) is 4.34. The Morgan fingerprint density at radius 2 is 1.78 bits per heavy atom. The van der Waals surface area contributed by atoms with E-state index in [0.717, 1.165) is 37.9 Å². The van der Waals surface area contributed by atoms with Crippen LogP contribution in [0.5, 0.6) is 0 Å². The number of nitrogens with zero attached hydrogens (tertiary/aromatic N) is 2. The molecule has 0 radical (unpaired) electrons. The van der Waals surface area contributed by atoms with E-state index in [1.807, 2.05) is 0 Å². The standard InChI is InChI=1S/C18H16F6N2O/c19-17(20,21)10-4-5-11-12(8-15(18(22,23)24)25-13(11)7-10)16-14-3-1-2-6-26(14)9-27-16/h4-5,7-8,14,16H,1-3,6,9H2. The summed E-state index contributed by atoms with van der Waals surface area (Å²) in [5, 5.41) is 0.258. The summed E-state index contributed by atoms with van der Waals surface area (Å²) in [6.45, 7) is 1.11. The number of hydrogen-bond donors (Lipinski definition) is 0. The lowest BCUT2D eigenvalue weighted by molar-refractivity contribution is -0.141. The lowest BCUT2D eigenvalue weighted by Gasteiger charge is -2.30. The molecule has 2 aliphatic heterocycles. The van der Waals surface area contributed by atoms with Crippen molar-refractivity contribution in [2.45, 2.75) is 43.8 Å². The van der Waals surface area contributed by atoms with Crippen LogP contribution in [-0.4, -0.2) is 29.2 Å². The van der Waals surface area contributed by atoms with Crippen molar-refractivity contribution in [3.05, 3.63) is 41.1 Å². The minimum atomic E-state index is -4.76. The fourth-order valence-corrected chi connectivity index (χ4v) is 3.92. The normalized spacial score (nSPS) is 24.4. The highest BCUT2D eigenvalue weighted by atomic mass is 19.4. The average Bonchev–Trinajstić information content (AvgIpc) is 3.02. The van der Waals surface area contributed by atoms with Crippen LogP contribution in [0.1, 0.15) is 42.2 Å². The van der Waals surface area contributed by atoms with Crippen LogP contribution in [0.4, 0.5) is 26.3 Å².